The molecule has 0 fully saturated rings. The van der Waals surface area contributed by atoms with Crippen LogP contribution in [-0.4, -0.2) is 6.54 Å². The molecule has 2 unspecified atom stereocenters. The van der Waals surface area contributed by atoms with Crippen molar-refractivity contribution in [1.29, 1.82) is 0 Å². The molecule has 1 aromatic carbocycles. The number of nitrogens with one attached hydrogen (secondary N) is 1. The van der Waals surface area contributed by atoms with Crippen LogP contribution in [0.4, 0.5) is 14.5 Å². The Morgan fingerprint density at radius 1 is 1.33 bits per heavy atom. The van der Waals surface area contributed by atoms with Crippen LogP contribution in [0.25, 0.3) is 0 Å². The minimum absolute atomic E-state index is 0.259. The van der Waals surface area contributed by atoms with Crippen molar-refractivity contribution in [2.45, 2.75) is 26.7 Å². The van der Waals surface area contributed by atoms with Crippen LogP contribution in [0, 0.1) is 23.5 Å². The van der Waals surface area contributed by atoms with Gasteiger partial charge in [-0.2, -0.15) is 0 Å². The summed E-state index contributed by atoms with van der Waals surface area (Å²) in [4.78, 5) is 0. The molecule has 1 nitrogen and oxygen atoms in total. The number of halogens is 2. The van der Waals surface area contributed by atoms with Gasteiger partial charge in [0.1, 0.15) is 0 Å². The van der Waals surface area contributed by atoms with E-state index in [0.717, 1.165) is 18.9 Å². The van der Waals surface area contributed by atoms with Gasteiger partial charge < -0.3 is 5.32 Å². The Balaban J connectivity index is 1.96. The first-order chi connectivity index (χ1) is 8.56. The highest BCUT2D eigenvalue weighted by Crippen LogP contribution is 2.28. The molecule has 18 heavy (non-hydrogen) atoms. The lowest BCUT2D eigenvalue weighted by molar-refractivity contribution is 0.420. The smallest absolute Gasteiger partial charge is 0.181 e. The molecule has 1 aliphatic carbocycles. The van der Waals surface area contributed by atoms with Crippen LogP contribution in [-0.2, 0) is 0 Å². The monoisotopic (exact) mass is 251 g/mol. The van der Waals surface area contributed by atoms with Crippen LogP contribution in [0.3, 0.4) is 0 Å². The normalized spacial score (nSPS) is 23.7. The Labute approximate surface area is 107 Å². The zero-order valence-electron chi connectivity index (χ0n) is 10.8. The highest BCUT2D eigenvalue weighted by atomic mass is 19.2. The van der Waals surface area contributed by atoms with Crippen molar-refractivity contribution in [3.63, 3.8) is 0 Å². The number of anilines is 1. The first-order valence-electron chi connectivity index (χ1n) is 6.41. The van der Waals surface area contributed by atoms with Gasteiger partial charge in [-0.05, 0) is 43.7 Å². The largest absolute Gasteiger partial charge is 0.382 e. The molecule has 2 rings (SSSR count). The number of hydrogen-bond donors (Lipinski definition) is 1. The predicted molar refractivity (Wildman–Crippen MR) is 70.5 cm³/mol. The standard InChI is InChI=1S/C15H19F2N/c1-10-6-11(2)8-12(7-10)9-18-14-5-3-4-13(16)15(14)17/h3-6,10,12,18H,7-9H2,1-2H3. The van der Waals surface area contributed by atoms with Gasteiger partial charge in [-0.1, -0.05) is 24.6 Å². The topological polar surface area (TPSA) is 12.0 Å². The summed E-state index contributed by atoms with van der Waals surface area (Å²) in [5.74, 6) is -0.516. The Bertz CT molecular complexity index is 454. The Morgan fingerprint density at radius 3 is 2.83 bits per heavy atom. The van der Waals surface area contributed by atoms with E-state index in [2.05, 4.69) is 25.2 Å². The first-order valence-corrected chi connectivity index (χ1v) is 6.41. The Hall–Kier alpha value is -1.38. The molecule has 98 valence electrons. The van der Waals surface area contributed by atoms with Gasteiger partial charge in [0.15, 0.2) is 11.6 Å². The van der Waals surface area contributed by atoms with E-state index in [0.29, 0.717) is 18.4 Å². The lowest BCUT2D eigenvalue weighted by Gasteiger charge is -2.26. The van der Waals surface area contributed by atoms with Crippen molar-refractivity contribution < 1.29 is 8.78 Å². The zero-order valence-corrected chi connectivity index (χ0v) is 10.8. The van der Waals surface area contributed by atoms with E-state index in [1.54, 1.807) is 6.07 Å². The molecule has 3 heteroatoms. The molecular formula is C15H19F2N. The number of allylic oxidation sites excluding steroid dienone is 2. The number of rotatable bonds is 3. The van der Waals surface area contributed by atoms with Crippen molar-refractivity contribution in [2.75, 3.05) is 11.9 Å². The Morgan fingerprint density at radius 2 is 2.11 bits per heavy atom. The maximum absolute atomic E-state index is 13.5. The van der Waals surface area contributed by atoms with E-state index in [-0.39, 0.29) is 5.69 Å². The molecule has 1 aromatic rings. The van der Waals surface area contributed by atoms with E-state index < -0.39 is 11.6 Å². The molecular weight excluding hydrogens is 232 g/mol. The van der Waals surface area contributed by atoms with Gasteiger partial charge in [0.25, 0.3) is 0 Å². The van der Waals surface area contributed by atoms with Crippen LogP contribution < -0.4 is 5.32 Å². The molecule has 0 amide bonds. The number of hydrogen-bond acceptors (Lipinski definition) is 1. The van der Waals surface area contributed by atoms with Crippen LogP contribution >= 0.6 is 0 Å². The second kappa shape index (κ2) is 5.51. The molecule has 0 aliphatic heterocycles. The first kappa shape index (κ1) is 13.1. The van der Waals surface area contributed by atoms with Crippen molar-refractivity contribution in [3.05, 3.63) is 41.5 Å². The summed E-state index contributed by atoms with van der Waals surface area (Å²) in [7, 11) is 0. The van der Waals surface area contributed by atoms with E-state index in [9.17, 15) is 8.78 Å². The van der Waals surface area contributed by atoms with Crippen LogP contribution in [0.1, 0.15) is 26.7 Å². The fourth-order valence-electron chi connectivity index (χ4n) is 2.74. The van der Waals surface area contributed by atoms with Gasteiger partial charge in [0.05, 0.1) is 5.69 Å². The van der Waals surface area contributed by atoms with E-state index in [4.69, 9.17) is 0 Å². The van der Waals surface area contributed by atoms with Gasteiger partial charge in [-0.15, -0.1) is 0 Å². The quantitative estimate of drug-likeness (QED) is 0.787. The summed E-state index contributed by atoms with van der Waals surface area (Å²) < 4.78 is 26.5. The minimum Gasteiger partial charge on any atom is -0.382 e. The van der Waals surface area contributed by atoms with Crippen LogP contribution in [0.5, 0.6) is 0 Å². The highest BCUT2D eigenvalue weighted by Gasteiger charge is 2.18. The average Bonchev–Trinajstić information content (AvgIpc) is 2.30. The van der Waals surface area contributed by atoms with Gasteiger partial charge >= 0.3 is 0 Å². The lowest BCUT2D eigenvalue weighted by atomic mass is 9.84. The Kier molecular flexibility index (Phi) is 4.00. The number of benzene rings is 1. The van der Waals surface area contributed by atoms with Gasteiger partial charge in [-0.3, -0.25) is 0 Å². The molecule has 0 heterocycles. The van der Waals surface area contributed by atoms with E-state index in [1.807, 2.05) is 0 Å². The molecule has 2 atom stereocenters. The van der Waals surface area contributed by atoms with E-state index in [1.165, 1.54) is 11.6 Å². The second-order valence-corrected chi connectivity index (χ2v) is 5.28. The summed E-state index contributed by atoms with van der Waals surface area (Å²) in [6, 6.07) is 4.23. The molecule has 0 aromatic heterocycles. The van der Waals surface area contributed by atoms with Crippen molar-refractivity contribution >= 4 is 5.69 Å². The second-order valence-electron chi connectivity index (χ2n) is 5.28. The molecule has 0 radical (unpaired) electrons. The minimum atomic E-state index is -0.798. The molecule has 0 saturated carbocycles. The average molecular weight is 251 g/mol. The highest BCUT2D eigenvalue weighted by molar-refractivity contribution is 5.45. The maximum atomic E-state index is 13.5. The van der Waals surface area contributed by atoms with Gasteiger partial charge in [0, 0.05) is 6.54 Å². The molecule has 0 bridgehead atoms. The molecule has 1 aliphatic rings. The summed E-state index contributed by atoms with van der Waals surface area (Å²) >= 11 is 0. The fourth-order valence-corrected chi connectivity index (χ4v) is 2.74. The summed E-state index contributed by atoms with van der Waals surface area (Å²) in [6.07, 6.45) is 4.43. The van der Waals surface area contributed by atoms with Crippen molar-refractivity contribution in [2.24, 2.45) is 11.8 Å². The van der Waals surface area contributed by atoms with E-state index >= 15 is 0 Å². The van der Waals surface area contributed by atoms with Crippen molar-refractivity contribution in [3.8, 4) is 0 Å². The predicted octanol–water partition coefficient (Wildman–Crippen LogP) is 4.37. The third-order valence-corrected chi connectivity index (χ3v) is 3.42. The molecule has 0 spiro atoms. The third kappa shape index (κ3) is 3.09. The van der Waals surface area contributed by atoms with Crippen LogP contribution in [0.2, 0.25) is 0 Å². The SMILES string of the molecule is CC1=CC(C)CC(CNc2cccc(F)c2F)C1. The molecule has 1 N–H and O–H groups in total. The fraction of sp³-hybridized carbons (Fsp3) is 0.467. The maximum Gasteiger partial charge on any atom is 0.181 e. The summed E-state index contributed by atoms with van der Waals surface area (Å²) in [5.41, 5.74) is 1.65. The van der Waals surface area contributed by atoms with Crippen LogP contribution in [0.15, 0.2) is 29.8 Å². The summed E-state index contributed by atoms with van der Waals surface area (Å²) in [5, 5.41) is 3.02. The lowest BCUT2D eigenvalue weighted by Crippen LogP contribution is -2.20. The van der Waals surface area contributed by atoms with Crippen molar-refractivity contribution in [1.82, 2.24) is 0 Å². The third-order valence-electron chi connectivity index (χ3n) is 3.42. The van der Waals surface area contributed by atoms with Gasteiger partial charge in [-0.25, -0.2) is 8.78 Å². The summed E-state index contributed by atoms with van der Waals surface area (Å²) in [6.45, 7) is 5.01. The molecule has 0 saturated heterocycles. The van der Waals surface area contributed by atoms with Gasteiger partial charge in [0.2, 0.25) is 0 Å². The zero-order chi connectivity index (χ0) is 13.1.